The molecule has 4 heteroatoms. The lowest BCUT2D eigenvalue weighted by Crippen LogP contribution is -2.37. The van der Waals surface area contributed by atoms with E-state index in [9.17, 15) is 8.42 Å². The summed E-state index contributed by atoms with van der Waals surface area (Å²) in [6.07, 6.45) is 0. The van der Waals surface area contributed by atoms with Crippen molar-refractivity contribution in [3.63, 3.8) is 0 Å². The highest BCUT2D eigenvalue weighted by molar-refractivity contribution is 7.89. The first-order valence-electron chi connectivity index (χ1n) is 9.07. The fourth-order valence-electron chi connectivity index (χ4n) is 3.30. The van der Waals surface area contributed by atoms with E-state index < -0.39 is 10.0 Å². The largest absolute Gasteiger partial charge is 0.240 e. The number of sulfonamides is 1. The number of benzene rings is 3. The van der Waals surface area contributed by atoms with Gasteiger partial charge < -0.3 is 0 Å². The van der Waals surface area contributed by atoms with Crippen LogP contribution in [0.4, 0.5) is 0 Å². The van der Waals surface area contributed by atoms with Crippen LogP contribution in [-0.2, 0) is 10.0 Å². The minimum absolute atomic E-state index is 0.0768. The molecule has 0 aromatic heterocycles. The van der Waals surface area contributed by atoms with Crippen molar-refractivity contribution in [1.29, 1.82) is 0 Å². The Morgan fingerprint density at radius 3 is 1.74 bits per heavy atom. The molecule has 1 N–H and O–H groups in total. The van der Waals surface area contributed by atoms with Crippen LogP contribution in [-0.4, -0.2) is 14.5 Å². The van der Waals surface area contributed by atoms with Crippen LogP contribution in [0.1, 0.15) is 35.1 Å². The van der Waals surface area contributed by atoms with Crippen LogP contribution in [0.25, 0.3) is 0 Å². The molecule has 140 valence electrons. The molecule has 0 unspecified atom stereocenters. The third-order valence-electron chi connectivity index (χ3n) is 4.77. The van der Waals surface area contributed by atoms with Gasteiger partial charge in [0, 0.05) is 12.0 Å². The molecule has 0 fully saturated rings. The summed E-state index contributed by atoms with van der Waals surface area (Å²) in [7, 11) is -3.60. The number of aryl methyl sites for hydroxylation is 2. The van der Waals surface area contributed by atoms with Crippen LogP contribution in [0.5, 0.6) is 0 Å². The third kappa shape index (κ3) is 4.65. The van der Waals surface area contributed by atoms with Crippen molar-refractivity contribution >= 4 is 10.0 Å². The van der Waals surface area contributed by atoms with Crippen molar-refractivity contribution < 1.29 is 8.42 Å². The second-order valence-electron chi connectivity index (χ2n) is 7.02. The van der Waals surface area contributed by atoms with Crippen molar-refractivity contribution in [2.75, 3.05) is 0 Å². The fraction of sp³-hybridized carbons (Fsp3) is 0.217. The second-order valence-corrected chi connectivity index (χ2v) is 8.74. The maximum Gasteiger partial charge on any atom is 0.240 e. The van der Waals surface area contributed by atoms with E-state index in [0.717, 1.165) is 16.7 Å². The number of hydrogen-bond acceptors (Lipinski definition) is 2. The summed E-state index contributed by atoms with van der Waals surface area (Å²) in [5.74, 6) is -0.0768. The second kappa shape index (κ2) is 8.07. The lowest BCUT2D eigenvalue weighted by molar-refractivity contribution is 0.539. The molecule has 0 bridgehead atoms. The molecule has 27 heavy (non-hydrogen) atoms. The van der Waals surface area contributed by atoms with Gasteiger partial charge in [0.2, 0.25) is 10.0 Å². The Bertz CT molecular complexity index is 979. The van der Waals surface area contributed by atoms with Crippen LogP contribution in [0.3, 0.4) is 0 Å². The molecule has 0 aliphatic rings. The SMILES string of the molecule is Cc1ccc([C@@H](c2ccccc2)[C@@H](C)NS(=O)(=O)c2ccc(C)cc2)cc1. The summed E-state index contributed by atoms with van der Waals surface area (Å²) < 4.78 is 28.6. The first-order valence-corrected chi connectivity index (χ1v) is 10.6. The van der Waals surface area contributed by atoms with E-state index in [4.69, 9.17) is 0 Å². The van der Waals surface area contributed by atoms with Crippen LogP contribution in [0.15, 0.2) is 83.8 Å². The highest BCUT2D eigenvalue weighted by Gasteiger charge is 2.26. The van der Waals surface area contributed by atoms with E-state index in [0.29, 0.717) is 0 Å². The number of hydrogen-bond donors (Lipinski definition) is 1. The topological polar surface area (TPSA) is 46.2 Å². The standard InChI is InChI=1S/C23H25NO2S/c1-17-9-13-21(14-10-17)23(20-7-5-4-6-8-20)19(3)24-27(25,26)22-15-11-18(2)12-16-22/h4-16,19,23-24H,1-3H3/t19-,23-/m1/s1. The molecule has 0 radical (unpaired) electrons. The molecular weight excluding hydrogens is 354 g/mol. The predicted octanol–water partition coefficient (Wildman–Crippen LogP) is 4.80. The molecule has 0 heterocycles. The van der Waals surface area contributed by atoms with Gasteiger partial charge >= 0.3 is 0 Å². The molecule has 2 atom stereocenters. The fourth-order valence-corrected chi connectivity index (χ4v) is 4.56. The van der Waals surface area contributed by atoms with E-state index in [2.05, 4.69) is 29.0 Å². The molecular formula is C23H25NO2S. The summed E-state index contributed by atoms with van der Waals surface area (Å²) >= 11 is 0. The Morgan fingerprint density at radius 1 is 0.704 bits per heavy atom. The van der Waals surface area contributed by atoms with Crippen LogP contribution in [0, 0.1) is 13.8 Å². The van der Waals surface area contributed by atoms with Crippen molar-refractivity contribution in [2.45, 2.75) is 37.6 Å². The molecule has 0 aliphatic carbocycles. The van der Waals surface area contributed by atoms with Crippen molar-refractivity contribution in [1.82, 2.24) is 4.72 Å². The molecule has 0 amide bonds. The number of nitrogens with one attached hydrogen (secondary N) is 1. The molecule has 3 rings (SSSR count). The van der Waals surface area contributed by atoms with Crippen LogP contribution in [0.2, 0.25) is 0 Å². The summed E-state index contributed by atoms with van der Waals surface area (Å²) in [5.41, 5.74) is 4.38. The van der Waals surface area contributed by atoms with Crippen molar-refractivity contribution in [3.05, 3.63) is 101 Å². The number of rotatable bonds is 6. The lowest BCUT2D eigenvalue weighted by Gasteiger charge is -2.26. The molecule has 0 saturated heterocycles. The third-order valence-corrected chi connectivity index (χ3v) is 6.34. The smallest absolute Gasteiger partial charge is 0.207 e. The van der Waals surface area contributed by atoms with Gasteiger partial charge in [-0.1, -0.05) is 77.9 Å². The van der Waals surface area contributed by atoms with Crippen molar-refractivity contribution in [3.8, 4) is 0 Å². The highest BCUT2D eigenvalue weighted by Crippen LogP contribution is 2.29. The van der Waals surface area contributed by atoms with E-state index >= 15 is 0 Å². The molecule has 3 nitrogen and oxygen atoms in total. The lowest BCUT2D eigenvalue weighted by atomic mass is 9.86. The average molecular weight is 380 g/mol. The Labute approximate surface area is 162 Å². The minimum Gasteiger partial charge on any atom is -0.207 e. The zero-order valence-corrected chi connectivity index (χ0v) is 16.7. The van der Waals surface area contributed by atoms with E-state index in [1.165, 1.54) is 5.56 Å². The van der Waals surface area contributed by atoms with Gasteiger partial charge in [-0.15, -0.1) is 0 Å². The van der Waals surface area contributed by atoms with Gasteiger partial charge in [-0.05, 0) is 44.0 Å². The first-order chi connectivity index (χ1) is 12.9. The molecule has 0 spiro atoms. The Kier molecular flexibility index (Phi) is 5.78. The van der Waals surface area contributed by atoms with Crippen molar-refractivity contribution in [2.24, 2.45) is 0 Å². The van der Waals surface area contributed by atoms with Gasteiger partial charge in [0.15, 0.2) is 0 Å². The van der Waals surface area contributed by atoms with Gasteiger partial charge in [0.05, 0.1) is 4.90 Å². The zero-order valence-electron chi connectivity index (χ0n) is 15.9. The monoisotopic (exact) mass is 379 g/mol. The average Bonchev–Trinajstić information content (AvgIpc) is 2.64. The van der Waals surface area contributed by atoms with E-state index in [1.54, 1.807) is 12.1 Å². The Balaban J connectivity index is 1.94. The Morgan fingerprint density at radius 2 is 1.19 bits per heavy atom. The maximum atomic E-state index is 12.9. The van der Waals surface area contributed by atoms with Gasteiger partial charge in [-0.2, -0.15) is 0 Å². The van der Waals surface area contributed by atoms with Gasteiger partial charge in [-0.3, -0.25) is 0 Å². The summed E-state index contributed by atoms with van der Waals surface area (Å²) in [6, 6.07) is 24.9. The van der Waals surface area contributed by atoms with Gasteiger partial charge in [-0.25, -0.2) is 13.1 Å². The summed E-state index contributed by atoms with van der Waals surface area (Å²) in [5, 5.41) is 0. The van der Waals surface area contributed by atoms with Gasteiger partial charge in [0.1, 0.15) is 0 Å². The van der Waals surface area contributed by atoms with Crippen LogP contribution < -0.4 is 4.72 Å². The van der Waals surface area contributed by atoms with Crippen LogP contribution >= 0.6 is 0 Å². The highest BCUT2D eigenvalue weighted by atomic mass is 32.2. The summed E-state index contributed by atoms with van der Waals surface area (Å²) in [4.78, 5) is 0.288. The molecule has 3 aromatic rings. The Hall–Kier alpha value is -2.43. The van der Waals surface area contributed by atoms with E-state index in [-0.39, 0.29) is 16.9 Å². The normalized spacial score (nSPS) is 13.9. The predicted molar refractivity (Wildman–Crippen MR) is 110 cm³/mol. The quantitative estimate of drug-likeness (QED) is 0.668. The van der Waals surface area contributed by atoms with E-state index in [1.807, 2.05) is 63.2 Å². The molecule has 0 saturated carbocycles. The minimum atomic E-state index is -3.60. The zero-order chi connectivity index (χ0) is 19.4. The van der Waals surface area contributed by atoms with Gasteiger partial charge in [0.25, 0.3) is 0 Å². The maximum absolute atomic E-state index is 12.9. The first kappa shape index (κ1) is 19.3. The summed E-state index contributed by atoms with van der Waals surface area (Å²) in [6.45, 7) is 5.91. The molecule has 3 aromatic carbocycles. The molecule has 0 aliphatic heterocycles.